The Morgan fingerprint density at radius 2 is 1.57 bits per heavy atom. The maximum atomic E-state index is 13.2. The van der Waals surface area contributed by atoms with E-state index in [0.717, 1.165) is 30.4 Å². The maximum absolute atomic E-state index is 13.2. The van der Waals surface area contributed by atoms with E-state index in [2.05, 4.69) is 4.90 Å². The molecule has 1 aliphatic heterocycles. The molecule has 0 aliphatic carbocycles. The Kier molecular flexibility index (Phi) is 8.16. The molecule has 184 valence electrons. The first-order chi connectivity index (χ1) is 16.8. The van der Waals surface area contributed by atoms with Crippen molar-refractivity contribution in [3.05, 3.63) is 102 Å². The highest BCUT2D eigenvalue weighted by molar-refractivity contribution is 7.86. The maximum Gasteiger partial charge on any atom is 0.297 e. The number of likely N-dealkylation sites (tertiary alicyclic amines) is 1. The summed E-state index contributed by atoms with van der Waals surface area (Å²) in [6.45, 7) is 1.92. The van der Waals surface area contributed by atoms with Crippen LogP contribution in [-0.2, 0) is 20.7 Å². The lowest BCUT2D eigenvalue weighted by molar-refractivity contribution is 0.0252. The van der Waals surface area contributed by atoms with Crippen molar-refractivity contribution >= 4 is 15.9 Å². The summed E-state index contributed by atoms with van der Waals surface area (Å²) in [6, 6.07) is 25.8. The average molecular weight is 492 g/mol. The van der Waals surface area contributed by atoms with Gasteiger partial charge in [0.25, 0.3) is 10.1 Å². The molecule has 3 unspecified atom stereocenters. The highest BCUT2D eigenvalue weighted by Gasteiger charge is 2.37. The number of benzene rings is 3. The molecular formula is C29H33NO4S. The van der Waals surface area contributed by atoms with Crippen LogP contribution < -0.4 is 0 Å². The number of carbonyl (C=O) groups excluding carboxylic acids is 1. The fourth-order valence-corrected chi connectivity index (χ4v) is 6.00. The fourth-order valence-electron chi connectivity index (χ4n) is 4.89. The zero-order valence-corrected chi connectivity index (χ0v) is 21.2. The van der Waals surface area contributed by atoms with Crippen molar-refractivity contribution in [2.45, 2.75) is 62.1 Å². The Labute approximate surface area is 208 Å². The third kappa shape index (κ3) is 6.45. The van der Waals surface area contributed by atoms with Crippen molar-refractivity contribution in [2.75, 3.05) is 7.05 Å². The molecule has 0 spiro atoms. The summed E-state index contributed by atoms with van der Waals surface area (Å²) >= 11 is 0. The molecule has 0 radical (unpaired) electrons. The van der Waals surface area contributed by atoms with Crippen LogP contribution in [0.1, 0.15) is 47.2 Å². The van der Waals surface area contributed by atoms with Gasteiger partial charge >= 0.3 is 0 Å². The third-order valence-electron chi connectivity index (χ3n) is 6.92. The van der Waals surface area contributed by atoms with Crippen molar-refractivity contribution in [2.24, 2.45) is 0 Å². The summed E-state index contributed by atoms with van der Waals surface area (Å²) in [5, 5.41) is 0. The standard InChI is InChI=1S/C29H33NO4S/c1-22-16-18-26(19-17-22)35(32,33)34-29(20-23-10-5-3-6-11-23)27-15-9-14-25(30(27)2)21-28(31)24-12-7-4-8-13-24/h3-8,10-13,16-19,25,27,29H,9,14-15,20-21H2,1-2H3. The second-order valence-corrected chi connectivity index (χ2v) is 11.0. The Balaban J connectivity index is 1.57. The van der Waals surface area contributed by atoms with Crippen LogP contribution in [-0.4, -0.2) is 44.3 Å². The van der Waals surface area contributed by atoms with E-state index in [1.807, 2.05) is 74.6 Å². The SMILES string of the molecule is Cc1ccc(S(=O)(=O)OC(Cc2ccccc2)C2CCCC(CC(=O)c3ccccc3)N2C)cc1. The minimum atomic E-state index is -3.95. The molecule has 3 atom stereocenters. The predicted molar refractivity (Wildman–Crippen MR) is 138 cm³/mol. The zero-order chi connectivity index (χ0) is 24.8. The topological polar surface area (TPSA) is 63.7 Å². The van der Waals surface area contributed by atoms with E-state index in [4.69, 9.17) is 4.18 Å². The minimum absolute atomic E-state index is 0.0328. The quantitative estimate of drug-likeness (QED) is 0.295. The number of Topliss-reactive ketones (excluding diaryl/α,β-unsaturated/α-hetero) is 1. The Morgan fingerprint density at radius 3 is 2.23 bits per heavy atom. The highest BCUT2D eigenvalue weighted by atomic mass is 32.2. The van der Waals surface area contributed by atoms with Crippen LogP contribution in [0.15, 0.2) is 89.8 Å². The molecule has 0 bridgehead atoms. The molecule has 5 nitrogen and oxygen atoms in total. The Bertz CT molecular complexity index is 1210. The van der Waals surface area contributed by atoms with Gasteiger partial charge in [-0.2, -0.15) is 8.42 Å². The van der Waals surface area contributed by atoms with Gasteiger partial charge in [0.2, 0.25) is 0 Å². The molecule has 0 aromatic heterocycles. The predicted octanol–water partition coefficient (Wildman–Crippen LogP) is 5.44. The van der Waals surface area contributed by atoms with Crippen LogP contribution >= 0.6 is 0 Å². The number of piperidine rings is 1. The fraction of sp³-hybridized carbons (Fsp3) is 0.345. The van der Waals surface area contributed by atoms with E-state index in [1.165, 1.54) is 0 Å². The smallest absolute Gasteiger partial charge is 0.297 e. The first-order valence-corrected chi connectivity index (χ1v) is 13.6. The van der Waals surface area contributed by atoms with Gasteiger partial charge in [0.05, 0.1) is 11.0 Å². The lowest BCUT2D eigenvalue weighted by Crippen LogP contribution is -2.52. The van der Waals surface area contributed by atoms with Crippen LogP contribution in [0.5, 0.6) is 0 Å². The van der Waals surface area contributed by atoms with E-state index < -0.39 is 16.2 Å². The molecule has 6 heteroatoms. The van der Waals surface area contributed by atoms with Crippen LogP contribution in [0.2, 0.25) is 0 Å². The molecule has 4 rings (SSSR count). The second-order valence-electron chi connectivity index (χ2n) is 9.40. The minimum Gasteiger partial charge on any atom is -0.297 e. The van der Waals surface area contributed by atoms with Gasteiger partial charge in [-0.3, -0.25) is 13.9 Å². The second kappa shape index (κ2) is 11.3. The van der Waals surface area contributed by atoms with Gasteiger partial charge in [-0.25, -0.2) is 0 Å². The number of hydrogen-bond acceptors (Lipinski definition) is 5. The lowest BCUT2D eigenvalue weighted by atomic mass is 9.87. The molecular weight excluding hydrogens is 458 g/mol. The molecule has 1 aliphatic rings. The summed E-state index contributed by atoms with van der Waals surface area (Å²) < 4.78 is 32.4. The van der Waals surface area contributed by atoms with Gasteiger partial charge in [-0.05, 0) is 44.5 Å². The van der Waals surface area contributed by atoms with Crippen molar-refractivity contribution in [1.82, 2.24) is 4.90 Å². The summed E-state index contributed by atoms with van der Waals surface area (Å²) in [4.78, 5) is 15.2. The monoisotopic (exact) mass is 491 g/mol. The number of nitrogens with zero attached hydrogens (tertiary/aromatic N) is 1. The molecule has 0 amide bonds. The molecule has 1 heterocycles. The number of hydrogen-bond donors (Lipinski definition) is 0. The van der Waals surface area contributed by atoms with E-state index in [0.29, 0.717) is 18.4 Å². The van der Waals surface area contributed by atoms with Crippen LogP contribution in [0.4, 0.5) is 0 Å². The number of ketones is 1. The Morgan fingerprint density at radius 1 is 0.943 bits per heavy atom. The third-order valence-corrected chi connectivity index (χ3v) is 8.27. The largest absolute Gasteiger partial charge is 0.297 e. The normalized spacial score (nSPS) is 19.8. The molecule has 1 fully saturated rings. The summed E-state index contributed by atoms with van der Waals surface area (Å²) in [6.07, 6.45) is 2.94. The molecule has 1 saturated heterocycles. The van der Waals surface area contributed by atoms with E-state index >= 15 is 0 Å². The molecule has 0 N–H and O–H groups in total. The average Bonchev–Trinajstić information content (AvgIpc) is 2.86. The van der Waals surface area contributed by atoms with Crippen LogP contribution in [0.3, 0.4) is 0 Å². The van der Waals surface area contributed by atoms with E-state index in [-0.39, 0.29) is 22.8 Å². The van der Waals surface area contributed by atoms with Gasteiger partial charge < -0.3 is 0 Å². The molecule has 3 aromatic rings. The Hall–Kier alpha value is -2.80. The van der Waals surface area contributed by atoms with Crippen LogP contribution in [0, 0.1) is 6.92 Å². The van der Waals surface area contributed by atoms with Gasteiger partial charge in [-0.15, -0.1) is 0 Å². The number of carbonyl (C=O) groups is 1. The van der Waals surface area contributed by atoms with Crippen LogP contribution in [0.25, 0.3) is 0 Å². The summed E-state index contributed by atoms with van der Waals surface area (Å²) in [7, 11) is -1.95. The van der Waals surface area contributed by atoms with E-state index in [1.54, 1.807) is 24.3 Å². The lowest BCUT2D eigenvalue weighted by Gasteiger charge is -2.42. The molecule has 3 aromatic carbocycles. The number of rotatable bonds is 9. The number of aryl methyl sites for hydroxylation is 1. The van der Waals surface area contributed by atoms with Crippen molar-refractivity contribution in [3.63, 3.8) is 0 Å². The van der Waals surface area contributed by atoms with E-state index in [9.17, 15) is 13.2 Å². The summed E-state index contributed by atoms with van der Waals surface area (Å²) in [5.74, 6) is 0.107. The first kappa shape index (κ1) is 25.3. The van der Waals surface area contributed by atoms with Crippen molar-refractivity contribution in [3.8, 4) is 0 Å². The van der Waals surface area contributed by atoms with Gasteiger partial charge in [0.1, 0.15) is 0 Å². The molecule has 0 saturated carbocycles. The zero-order valence-electron chi connectivity index (χ0n) is 20.3. The molecule has 35 heavy (non-hydrogen) atoms. The van der Waals surface area contributed by atoms with Gasteiger partial charge in [0.15, 0.2) is 5.78 Å². The number of likely N-dealkylation sites (N-methyl/N-ethyl adjacent to an activating group) is 1. The van der Waals surface area contributed by atoms with Gasteiger partial charge in [-0.1, -0.05) is 84.8 Å². The highest BCUT2D eigenvalue weighted by Crippen LogP contribution is 2.30. The first-order valence-electron chi connectivity index (χ1n) is 12.2. The van der Waals surface area contributed by atoms with Crippen molar-refractivity contribution < 1.29 is 17.4 Å². The summed E-state index contributed by atoms with van der Waals surface area (Å²) in [5.41, 5.74) is 2.72. The van der Waals surface area contributed by atoms with Crippen molar-refractivity contribution in [1.29, 1.82) is 0 Å². The van der Waals surface area contributed by atoms with Gasteiger partial charge in [0, 0.05) is 30.5 Å².